The number of piperidine rings is 1. The minimum absolute atomic E-state index is 0.122. The number of nitro groups is 1. The van der Waals surface area contributed by atoms with Gasteiger partial charge in [0.25, 0.3) is 5.69 Å². The van der Waals surface area contributed by atoms with Crippen molar-refractivity contribution in [3.05, 3.63) is 38.9 Å². The Morgan fingerprint density at radius 1 is 1.58 bits per heavy atom. The maximum Gasteiger partial charge on any atom is 0.273 e. The van der Waals surface area contributed by atoms with Crippen LogP contribution in [0.5, 0.6) is 0 Å². The summed E-state index contributed by atoms with van der Waals surface area (Å²) >= 11 is 5.93. The summed E-state index contributed by atoms with van der Waals surface area (Å²) in [6.45, 7) is 4.35. The Labute approximate surface area is 117 Å². The summed E-state index contributed by atoms with van der Waals surface area (Å²) in [4.78, 5) is 12.8. The summed E-state index contributed by atoms with van der Waals surface area (Å²) in [6.07, 6.45) is 1.02. The lowest BCUT2D eigenvalue weighted by molar-refractivity contribution is -0.385. The molecule has 1 aromatic rings. The molecular formula is C13H18ClN3O2. The fraction of sp³-hybridized carbons (Fsp3) is 0.538. The van der Waals surface area contributed by atoms with Crippen LogP contribution in [0.4, 0.5) is 5.69 Å². The van der Waals surface area contributed by atoms with Crippen LogP contribution in [0.3, 0.4) is 0 Å². The molecule has 2 unspecified atom stereocenters. The highest BCUT2D eigenvalue weighted by molar-refractivity contribution is 6.30. The molecule has 0 bridgehead atoms. The number of nitrogens with two attached hydrogens (primary N) is 1. The third kappa shape index (κ3) is 3.43. The molecule has 1 heterocycles. The van der Waals surface area contributed by atoms with Crippen LogP contribution in [0.2, 0.25) is 5.02 Å². The summed E-state index contributed by atoms with van der Waals surface area (Å²) in [7, 11) is 0. The first-order valence-corrected chi connectivity index (χ1v) is 6.76. The molecular weight excluding hydrogens is 266 g/mol. The van der Waals surface area contributed by atoms with Crippen molar-refractivity contribution in [3.63, 3.8) is 0 Å². The first kappa shape index (κ1) is 14.2. The second-order valence-electron chi connectivity index (χ2n) is 5.20. The topological polar surface area (TPSA) is 72.4 Å². The van der Waals surface area contributed by atoms with Gasteiger partial charge in [0.15, 0.2) is 0 Å². The predicted octanol–water partition coefficient (Wildman–Crippen LogP) is 2.42. The third-order valence-corrected chi connectivity index (χ3v) is 3.97. The Balaban J connectivity index is 2.14. The van der Waals surface area contributed by atoms with Gasteiger partial charge in [-0.05, 0) is 31.0 Å². The summed E-state index contributed by atoms with van der Waals surface area (Å²) in [5.41, 5.74) is 6.82. The first-order valence-electron chi connectivity index (χ1n) is 6.38. The zero-order chi connectivity index (χ0) is 14.0. The van der Waals surface area contributed by atoms with E-state index >= 15 is 0 Å². The van der Waals surface area contributed by atoms with E-state index in [9.17, 15) is 10.1 Å². The number of halogens is 1. The maximum absolute atomic E-state index is 11.0. The molecule has 5 nitrogen and oxygen atoms in total. The highest BCUT2D eigenvalue weighted by Gasteiger charge is 2.25. The van der Waals surface area contributed by atoms with Gasteiger partial charge in [-0.1, -0.05) is 18.5 Å². The normalized spacial score (nSPS) is 24.4. The van der Waals surface area contributed by atoms with Crippen molar-refractivity contribution in [1.82, 2.24) is 4.90 Å². The fourth-order valence-electron chi connectivity index (χ4n) is 2.41. The monoisotopic (exact) mass is 283 g/mol. The highest BCUT2D eigenvalue weighted by Crippen LogP contribution is 2.26. The molecule has 0 radical (unpaired) electrons. The molecule has 2 atom stereocenters. The van der Waals surface area contributed by atoms with Gasteiger partial charge in [0, 0.05) is 35.8 Å². The number of hydrogen-bond donors (Lipinski definition) is 1. The zero-order valence-corrected chi connectivity index (χ0v) is 11.6. The SMILES string of the molecule is CC1CCN(Cc2cc(Cl)ccc2[N+](=O)[O-])CC1N. The van der Waals surface area contributed by atoms with Gasteiger partial charge in [-0.25, -0.2) is 0 Å². The summed E-state index contributed by atoms with van der Waals surface area (Å²) in [5.74, 6) is 0.505. The number of nitro benzene ring substituents is 1. The van der Waals surface area contributed by atoms with E-state index in [0.717, 1.165) is 19.5 Å². The van der Waals surface area contributed by atoms with Crippen LogP contribution in [-0.4, -0.2) is 29.0 Å². The predicted molar refractivity (Wildman–Crippen MR) is 75.1 cm³/mol. The summed E-state index contributed by atoms with van der Waals surface area (Å²) < 4.78 is 0. The van der Waals surface area contributed by atoms with E-state index in [4.69, 9.17) is 17.3 Å². The first-order chi connectivity index (χ1) is 8.97. The number of likely N-dealkylation sites (tertiary alicyclic amines) is 1. The van der Waals surface area contributed by atoms with Crippen molar-refractivity contribution < 1.29 is 4.92 Å². The zero-order valence-electron chi connectivity index (χ0n) is 10.9. The van der Waals surface area contributed by atoms with Crippen molar-refractivity contribution >= 4 is 17.3 Å². The standard InChI is InChI=1S/C13H18ClN3O2/c1-9-4-5-16(8-12(9)15)7-10-6-11(14)2-3-13(10)17(18)19/h2-3,6,9,12H,4-5,7-8,15H2,1H3. The van der Waals surface area contributed by atoms with Crippen LogP contribution >= 0.6 is 11.6 Å². The van der Waals surface area contributed by atoms with Gasteiger partial charge in [-0.15, -0.1) is 0 Å². The molecule has 0 aliphatic carbocycles. The second kappa shape index (κ2) is 5.86. The molecule has 1 aliphatic heterocycles. The van der Waals surface area contributed by atoms with Gasteiger partial charge in [0.05, 0.1) is 4.92 Å². The van der Waals surface area contributed by atoms with E-state index in [2.05, 4.69) is 11.8 Å². The van der Waals surface area contributed by atoms with E-state index in [1.165, 1.54) is 6.07 Å². The van der Waals surface area contributed by atoms with E-state index < -0.39 is 0 Å². The molecule has 1 aliphatic rings. The van der Waals surface area contributed by atoms with Gasteiger partial charge in [0.1, 0.15) is 0 Å². The van der Waals surface area contributed by atoms with Crippen molar-refractivity contribution in [2.24, 2.45) is 11.7 Å². The molecule has 0 amide bonds. The van der Waals surface area contributed by atoms with Crippen LogP contribution in [0, 0.1) is 16.0 Å². The Hall–Kier alpha value is -1.17. The van der Waals surface area contributed by atoms with Crippen molar-refractivity contribution in [3.8, 4) is 0 Å². The molecule has 1 aromatic carbocycles. The number of benzene rings is 1. The molecule has 19 heavy (non-hydrogen) atoms. The Kier molecular flexibility index (Phi) is 4.39. The lowest BCUT2D eigenvalue weighted by Gasteiger charge is -2.34. The molecule has 1 fully saturated rings. The number of hydrogen-bond acceptors (Lipinski definition) is 4. The molecule has 1 saturated heterocycles. The molecule has 2 rings (SSSR count). The van der Waals surface area contributed by atoms with Crippen LogP contribution in [0.25, 0.3) is 0 Å². The maximum atomic E-state index is 11.0. The minimum atomic E-state index is -0.363. The lowest BCUT2D eigenvalue weighted by atomic mass is 9.94. The largest absolute Gasteiger partial charge is 0.326 e. The molecule has 0 spiro atoms. The van der Waals surface area contributed by atoms with Gasteiger partial charge >= 0.3 is 0 Å². The van der Waals surface area contributed by atoms with Crippen molar-refractivity contribution in [1.29, 1.82) is 0 Å². The quantitative estimate of drug-likeness (QED) is 0.683. The molecule has 104 valence electrons. The average molecular weight is 284 g/mol. The van der Waals surface area contributed by atoms with Crippen LogP contribution in [0.1, 0.15) is 18.9 Å². The van der Waals surface area contributed by atoms with Crippen LogP contribution in [-0.2, 0) is 6.54 Å². The summed E-state index contributed by atoms with van der Waals surface area (Å²) in [6, 6.07) is 4.81. The second-order valence-corrected chi connectivity index (χ2v) is 5.63. The Morgan fingerprint density at radius 3 is 2.95 bits per heavy atom. The fourth-order valence-corrected chi connectivity index (χ4v) is 2.61. The van der Waals surface area contributed by atoms with E-state index in [1.807, 2.05) is 0 Å². The lowest BCUT2D eigenvalue weighted by Crippen LogP contribution is -2.47. The number of rotatable bonds is 3. The Bertz CT molecular complexity index is 481. The van der Waals surface area contributed by atoms with E-state index in [-0.39, 0.29) is 16.7 Å². The minimum Gasteiger partial charge on any atom is -0.326 e. The van der Waals surface area contributed by atoms with Gasteiger partial charge in [0.2, 0.25) is 0 Å². The van der Waals surface area contributed by atoms with Crippen LogP contribution in [0.15, 0.2) is 18.2 Å². The highest BCUT2D eigenvalue weighted by atomic mass is 35.5. The van der Waals surface area contributed by atoms with Crippen molar-refractivity contribution in [2.75, 3.05) is 13.1 Å². The van der Waals surface area contributed by atoms with E-state index in [0.29, 0.717) is 23.0 Å². The van der Waals surface area contributed by atoms with Crippen molar-refractivity contribution in [2.45, 2.75) is 25.9 Å². The smallest absolute Gasteiger partial charge is 0.273 e. The number of nitrogens with zero attached hydrogens (tertiary/aromatic N) is 2. The van der Waals surface area contributed by atoms with Crippen LogP contribution < -0.4 is 5.73 Å². The van der Waals surface area contributed by atoms with Gasteiger partial charge in [-0.2, -0.15) is 0 Å². The molecule has 0 aromatic heterocycles. The molecule has 0 saturated carbocycles. The molecule has 2 N–H and O–H groups in total. The average Bonchev–Trinajstić information content (AvgIpc) is 2.33. The van der Waals surface area contributed by atoms with Gasteiger partial charge < -0.3 is 5.73 Å². The van der Waals surface area contributed by atoms with E-state index in [1.54, 1.807) is 12.1 Å². The summed E-state index contributed by atoms with van der Waals surface area (Å²) in [5, 5.41) is 11.5. The molecule has 6 heteroatoms. The Morgan fingerprint density at radius 2 is 2.32 bits per heavy atom. The van der Waals surface area contributed by atoms with Gasteiger partial charge in [-0.3, -0.25) is 15.0 Å². The third-order valence-electron chi connectivity index (χ3n) is 3.73.